The van der Waals surface area contributed by atoms with Gasteiger partial charge in [-0.2, -0.15) is 0 Å². The summed E-state index contributed by atoms with van der Waals surface area (Å²) in [7, 11) is 0. The van der Waals surface area contributed by atoms with Gasteiger partial charge in [-0.25, -0.2) is 0 Å². The SMILES string of the molecule is O=C1NCCN(C(=O)c2ccc(-c3ccccc3)cc2)[C@@H]1CC(=O)N1CCN(c2ccccc2)CC1. The number of rotatable bonds is 5. The lowest BCUT2D eigenvalue weighted by molar-refractivity contribution is -0.138. The van der Waals surface area contributed by atoms with Crippen molar-refractivity contribution < 1.29 is 14.4 Å². The fourth-order valence-electron chi connectivity index (χ4n) is 4.91. The molecule has 2 heterocycles. The molecule has 7 nitrogen and oxygen atoms in total. The van der Waals surface area contributed by atoms with Crippen molar-refractivity contribution in [2.75, 3.05) is 44.2 Å². The standard InChI is InChI=1S/C29H30N4O3/c34-27(32-19-17-31(18-20-32)25-9-5-2-6-10-25)21-26-28(35)30-15-16-33(26)29(36)24-13-11-23(12-14-24)22-7-3-1-4-8-22/h1-14,26H,15-21H2,(H,30,35)/t26-/m1/s1. The molecule has 3 aromatic rings. The minimum atomic E-state index is -0.806. The summed E-state index contributed by atoms with van der Waals surface area (Å²) in [4.78, 5) is 44.9. The van der Waals surface area contributed by atoms with Crippen LogP contribution in [-0.4, -0.2) is 72.8 Å². The molecular formula is C29H30N4O3. The molecule has 2 saturated heterocycles. The van der Waals surface area contributed by atoms with E-state index >= 15 is 0 Å². The molecule has 0 saturated carbocycles. The van der Waals surface area contributed by atoms with Crippen molar-refractivity contribution in [3.63, 3.8) is 0 Å². The van der Waals surface area contributed by atoms with Crippen molar-refractivity contribution in [3.8, 4) is 11.1 Å². The maximum atomic E-state index is 13.4. The summed E-state index contributed by atoms with van der Waals surface area (Å²) in [6.07, 6.45) is -0.00892. The van der Waals surface area contributed by atoms with E-state index in [2.05, 4.69) is 22.3 Å². The number of benzene rings is 3. The van der Waals surface area contributed by atoms with Crippen LogP contribution in [0.15, 0.2) is 84.9 Å². The Kier molecular flexibility index (Phi) is 6.98. The molecule has 1 atom stereocenters. The van der Waals surface area contributed by atoms with Crippen LogP contribution in [0, 0.1) is 0 Å². The summed E-state index contributed by atoms with van der Waals surface area (Å²) >= 11 is 0. The van der Waals surface area contributed by atoms with Crippen molar-refractivity contribution in [1.82, 2.24) is 15.1 Å². The quantitative estimate of drug-likeness (QED) is 0.607. The van der Waals surface area contributed by atoms with Crippen molar-refractivity contribution >= 4 is 23.4 Å². The summed E-state index contributed by atoms with van der Waals surface area (Å²) in [5, 5.41) is 2.82. The Morgan fingerprint density at radius 2 is 1.36 bits per heavy atom. The monoisotopic (exact) mass is 482 g/mol. The number of piperazine rings is 2. The van der Waals surface area contributed by atoms with Gasteiger partial charge in [0, 0.05) is 50.5 Å². The molecule has 36 heavy (non-hydrogen) atoms. The van der Waals surface area contributed by atoms with Gasteiger partial charge in [-0.1, -0.05) is 60.7 Å². The van der Waals surface area contributed by atoms with Crippen LogP contribution >= 0.6 is 0 Å². The Balaban J connectivity index is 1.24. The Bertz CT molecular complexity index is 1210. The largest absolute Gasteiger partial charge is 0.368 e. The second kappa shape index (κ2) is 10.6. The third kappa shape index (κ3) is 5.10. The van der Waals surface area contributed by atoms with E-state index in [0.29, 0.717) is 31.7 Å². The number of hydrogen-bond acceptors (Lipinski definition) is 4. The molecule has 2 aliphatic rings. The van der Waals surface area contributed by atoms with Gasteiger partial charge < -0.3 is 20.0 Å². The molecule has 0 spiro atoms. The predicted octanol–water partition coefficient (Wildman–Crippen LogP) is 3.03. The van der Waals surface area contributed by atoms with Crippen molar-refractivity contribution in [1.29, 1.82) is 0 Å². The molecule has 1 N–H and O–H groups in total. The lowest BCUT2D eigenvalue weighted by Crippen LogP contribution is -2.59. The highest BCUT2D eigenvalue weighted by Crippen LogP contribution is 2.22. The summed E-state index contributed by atoms with van der Waals surface area (Å²) in [5.41, 5.74) is 3.75. The van der Waals surface area contributed by atoms with Crippen LogP contribution in [-0.2, 0) is 9.59 Å². The van der Waals surface area contributed by atoms with Gasteiger partial charge in [0.15, 0.2) is 0 Å². The minimum Gasteiger partial charge on any atom is -0.368 e. The first-order valence-corrected chi connectivity index (χ1v) is 12.4. The van der Waals surface area contributed by atoms with E-state index < -0.39 is 6.04 Å². The number of nitrogens with zero attached hydrogens (tertiary/aromatic N) is 3. The van der Waals surface area contributed by atoms with Gasteiger partial charge in [-0.15, -0.1) is 0 Å². The van der Waals surface area contributed by atoms with Gasteiger partial charge in [0.25, 0.3) is 5.91 Å². The first kappa shape index (κ1) is 23.6. The first-order chi connectivity index (χ1) is 17.6. The zero-order valence-corrected chi connectivity index (χ0v) is 20.2. The van der Waals surface area contributed by atoms with Crippen LogP contribution in [0.25, 0.3) is 11.1 Å². The average molecular weight is 483 g/mol. The minimum absolute atomic E-state index is 0.00892. The number of nitrogens with one attached hydrogen (secondary N) is 1. The van der Waals surface area contributed by atoms with Gasteiger partial charge in [-0.05, 0) is 35.4 Å². The van der Waals surface area contributed by atoms with E-state index in [4.69, 9.17) is 0 Å². The Labute approximate surface area is 211 Å². The summed E-state index contributed by atoms with van der Waals surface area (Å²) in [6, 6.07) is 26.7. The molecule has 0 bridgehead atoms. The fraction of sp³-hybridized carbons (Fsp3) is 0.276. The molecule has 5 rings (SSSR count). The zero-order chi connectivity index (χ0) is 24.9. The van der Waals surface area contributed by atoms with E-state index in [1.807, 2.05) is 60.7 Å². The number of anilines is 1. The topological polar surface area (TPSA) is 73.0 Å². The van der Waals surface area contributed by atoms with Gasteiger partial charge >= 0.3 is 0 Å². The van der Waals surface area contributed by atoms with Crippen LogP contribution in [0.4, 0.5) is 5.69 Å². The molecule has 0 aromatic heterocycles. The van der Waals surface area contributed by atoms with Crippen LogP contribution in [0.1, 0.15) is 16.8 Å². The summed E-state index contributed by atoms with van der Waals surface area (Å²) < 4.78 is 0. The lowest BCUT2D eigenvalue weighted by Gasteiger charge is -2.39. The Hall–Kier alpha value is -4.13. The smallest absolute Gasteiger partial charge is 0.254 e. The molecule has 0 radical (unpaired) electrons. The maximum absolute atomic E-state index is 13.4. The van der Waals surface area contributed by atoms with Gasteiger partial charge in [0.1, 0.15) is 6.04 Å². The third-order valence-electron chi connectivity index (χ3n) is 6.95. The number of amides is 3. The van der Waals surface area contributed by atoms with Crippen molar-refractivity contribution in [2.24, 2.45) is 0 Å². The lowest BCUT2D eigenvalue weighted by atomic mass is 10.0. The predicted molar refractivity (Wildman–Crippen MR) is 140 cm³/mol. The number of carbonyl (C=O) groups is 3. The molecule has 7 heteroatoms. The number of carbonyl (C=O) groups excluding carboxylic acids is 3. The highest BCUT2D eigenvalue weighted by molar-refractivity contribution is 6.00. The molecule has 2 fully saturated rings. The molecule has 0 unspecified atom stereocenters. The van der Waals surface area contributed by atoms with Crippen molar-refractivity contribution in [2.45, 2.75) is 12.5 Å². The average Bonchev–Trinajstić information content (AvgIpc) is 2.95. The maximum Gasteiger partial charge on any atom is 0.254 e. The number of para-hydroxylation sites is 1. The van der Waals surface area contributed by atoms with Crippen LogP contribution in [0.3, 0.4) is 0 Å². The Morgan fingerprint density at radius 1 is 0.750 bits per heavy atom. The highest BCUT2D eigenvalue weighted by atomic mass is 16.2. The number of hydrogen-bond donors (Lipinski definition) is 1. The Morgan fingerprint density at radius 3 is 2.03 bits per heavy atom. The van der Waals surface area contributed by atoms with Crippen LogP contribution in [0.2, 0.25) is 0 Å². The van der Waals surface area contributed by atoms with E-state index in [9.17, 15) is 14.4 Å². The zero-order valence-electron chi connectivity index (χ0n) is 20.2. The van der Waals surface area contributed by atoms with Gasteiger partial charge in [0.2, 0.25) is 11.8 Å². The van der Waals surface area contributed by atoms with E-state index in [1.54, 1.807) is 21.9 Å². The van der Waals surface area contributed by atoms with Gasteiger partial charge in [0.05, 0.1) is 6.42 Å². The van der Waals surface area contributed by atoms with Crippen molar-refractivity contribution in [3.05, 3.63) is 90.5 Å². The van der Waals surface area contributed by atoms with Crippen LogP contribution in [0.5, 0.6) is 0 Å². The van der Waals surface area contributed by atoms with Gasteiger partial charge in [-0.3, -0.25) is 14.4 Å². The molecule has 3 amide bonds. The molecule has 3 aromatic carbocycles. The molecular weight excluding hydrogens is 452 g/mol. The summed E-state index contributed by atoms with van der Waals surface area (Å²) in [6.45, 7) is 3.43. The van der Waals surface area contributed by atoms with E-state index in [-0.39, 0.29) is 24.1 Å². The molecule has 0 aliphatic carbocycles. The molecule has 184 valence electrons. The van der Waals surface area contributed by atoms with E-state index in [1.165, 1.54) is 0 Å². The fourth-order valence-corrected chi connectivity index (χ4v) is 4.91. The second-order valence-corrected chi connectivity index (χ2v) is 9.16. The highest BCUT2D eigenvalue weighted by Gasteiger charge is 2.36. The first-order valence-electron chi connectivity index (χ1n) is 12.4. The van der Waals surface area contributed by atoms with Crippen LogP contribution < -0.4 is 10.2 Å². The molecule has 2 aliphatic heterocycles. The van der Waals surface area contributed by atoms with E-state index in [0.717, 1.165) is 29.9 Å². The summed E-state index contributed by atoms with van der Waals surface area (Å²) in [5.74, 6) is -0.593. The normalized spacial score (nSPS) is 18.1. The third-order valence-corrected chi connectivity index (χ3v) is 6.95. The second-order valence-electron chi connectivity index (χ2n) is 9.16.